The van der Waals surface area contributed by atoms with Crippen LogP contribution in [-0.2, 0) is 6.42 Å². The van der Waals surface area contributed by atoms with Crippen molar-refractivity contribution in [3.63, 3.8) is 0 Å². The molecule has 2 aromatic carbocycles. The van der Waals surface area contributed by atoms with E-state index in [1.165, 1.54) is 18.4 Å². The molecule has 138 valence electrons. The van der Waals surface area contributed by atoms with Crippen molar-refractivity contribution in [1.29, 1.82) is 0 Å². The van der Waals surface area contributed by atoms with Gasteiger partial charge in [-0.15, -0.1) is 0 Å². The van der Waals surface area contributed by atoms with Crippen LogP contribution < -0.4 is 0 Å². The first-order chi connectivity index (χ1) is 13.3. The number of likely N-dealkylation sites (tertiary alicyclic amines) is 1. The Morgan fingerprint density at radius 1 is 0.963 bits per heavy atom. The zero-order valence-corrected chi connectivity index (χ0v) is 15.9. The van der Waals surface area contributed by atoms with Crippen LogP contribution in [0.4, 0.5) is 0 Å². The lowest BCUT2D eigenvalue weighted by Crippen LogP contribution is -2.32. The van der Waals surface area contributed by atoms with Crippen molar-refractivity contribution in [1.82, 2.24) is 9.88 Å². The van der Waals surface area contributed by atoms with Crippen LogP contribution in [0.3, 0.4) is 0 Å². The summed E-state index contributed by atoms with van der Waals surface area (Å²) >= 11 is 0. The smallest absolute Gasteiger partial charge is 0.254 e. The van der Waals surface area contributed by atoms with E-state index >= 15 is 0 Å². The fraction of sp³-hybridized carbons (Fsp3) is 0.333. The number of nitrogens with zero attached hydrogens (tertiary/aromatic N) is 2. The molecule has 1 fully saturated rings. The summed E-state index contributed by atoms with van der Waals surface area (Å²) in [7, 11) is 0. The van der Waals surface area contributed by atoms with E-state index in [4.69, 9.17) is 4.98 Å². The van der Waals surface area contributed by atoms with Crippen LogP contribution in [0.2, 0.25) is 0 Å². The number of aryl methyl sites for hydroxylation is 1. The van der Waals surface area contributed by atoms with E-state index in [0.717, 1.165) is 60.1 Å². The number of pyridine rings is 1. The molecule has 3 heteroatoms. The van der Waals surface area contributed by atoms with Crippen molar-refractivity contribution in [2.24, 2.45) is 0 Å². The zero-order valence-electron chi connectivity index (χ0n) is 15.9. The Kier molecular flexibility index (Phi) is 5.19. The molecule has 0 atom stereocenters. The summed E-state index contributed by atoms with van der Waals surface area (Å²) in [6, 6.07) is 18.5. The van der Waals surface area contributed by atoms with Crippen LogP contribution in [0.15, 0.2) is 54.6 Å². The molecule has 1 saturated heterocycles. The molecule has 3 nitrogen and oxygen atoms in total. The molecule has 1 aliphatic heterocycles. The van der Waals surface area contributed by atoms with E-state index in [2.05, 4.69) is 31.2 Å². The molecule has 4 rings (SSSR count). The number of rotatable bonds is 3. The van der Waals surface area contributed by atoms with E-state index < -0.39 is 0 Å². The Labute approximate surface area is 161 Å². The highest BCUT2D eigenvalue weighted by Crippen LogP contribution is 2.27. The molecule has 0 spiro atoms. The summed E-state index contributed by atoms with van der Waals surface area (Å²) in [5.74, 6) is 0.141. The largest absolute Gasteiger partial charge is 0.339 e. The fourth-order valence-corrected chi connectivity index (χ4v) is 3.86. The minimum atomic E-state index is 0.141. The Morgan fingerprint density at radius 2 is 1.67 bits per heavy atom. The molecule has 27 heavy (non-hydrogen) atoms. The number of para-hydroxylation sites is 1. The second-order valence-corrected chi connectivity index (χ2v) is 7.33. The number of carbonyl (C=O) groups is 1. The van der Waals surface area contributed by atoms with Gasteiger partial charge in [0.1, 0.15) is 0 Å². The summed E-state index contributed by atoms with van der Waals surface area (Å²) in [6.45, 7) is 3.87. The van der Waals surface area contributed by atoms with E-state index in [1.54, 1.807) is 0 Å². The van der Waals surface area contributed by atoms with Crippen LogP contribution >= 0.6 is 0 Å². The number of hydrogen-bond acceptors (Lipinski definition) is 2. The Bertz CT molecular complexity index is 938. The van der Waals surface area contributed by atoms with Crippen LogP contribution in [0.5, 0.6) is 0 Å². The van der Waals surface area contributed by atoms with Crippen molar-refractivity contribution in [3.05, 3.63) is 65.7 Å². The minimum absolute atomic E-state index is 0.141. The summed E-state index contributed by atoms with van der Waals surface area (Å²) in [5, 5.41) is 0.945. The second kappa shape index (κ2) is 7.91. The Hall–Kier alpha value is -2.68. The fourth-order valence-electron chi connectivity index (χ4n) is 3.86. The highest BCUT2D eigenvalue weighted by molar-refractivity contribution is 6.07. The molecular weight excluding hydrogens is 332 g/mol. The first-order valence-corrected chi connectivity index (χ1v) is 10.0. The first-order valence-electron chi connectivity index (χ1n) is 10.0. The summed E-state index contributed by atoms with van der Waals surface area (Å²) in [6.07, 6.45) is 5.65. The average molecular weight is 358 g/mol. The topological polar surface area (TPSA) is 33.2 Å². The van der Waals surface area contributed by atoms with Gasteiger partial charge in [-0.05, 0) is 37.0 Å². The highest BCUT2D eigenvalue weighted by Gasteiger charge is 2.20. The quantitative estimate of drug-likeness (QED) is 0.621. The van der Waals surface area contributed by atoms with E-state index in [-0.39, 0.29) is 5.91 Å². The lowest BCUT2D eigenvalue weighted by molar-refractivity contribution is 0.0763. The van der Waals surface area contributed by atoms with Gasteiger partial charge in [0.25, 0.3) is 5.91 Å². The van der Waals surface area contributed by atoms with E-state index in [1.807, 2.05) is 35.2 Å². The lowest BCUT2D eigenvalue weighted by atomic mass is 10.0. The third kappa shape index (κ3) is 3.73. The molecule has 0 radical (unpaired) electrons. The van der Waals surface area contributed by atoms with Gasteiger partial charge in [0.05, 0.1) is 16.8 Å². The second-order valence-electron chi connectivity index (χ2n) is 7.33. The Morgan fingerprint density at radius 3 is 2.37 bits per heavy atom. The number of aromatic nitrogens is 1. The summed E-state index contributed by atoms with van der Waals surface area (Å²) < 4.78 is 0. The van der Waals surface area contributed by atoms with Gasteiger partial charge in [-0.3, -0.25) is 4.79 Å². The van der Waals surface area contributed by atoms with Crippen molar-refractivity contribution in [3.8, 4) is 11.3 Å². The molecule has 1 aromatic heterocycles. The van der Waals surface area contributed by atoms with Crippen molar-refractivity contribution in [2.45, 2.75) is 39.0 Å². The molecule has 1 amide bonds. The number of benzene rings is 2. The molecule has 0 bridgehead atoms. The molecule has 0 saturated carbocycles. The van der Waals surface area contributed by atoms with Crippen LogP contribution in [0.25, 0.3) is 22.2 Å². The predicted octanol–water partition coefficient (Wildman–Crippen LogP) is 5.48. The summed E-state index contributed by atoms with van der Waals surface area (Å²) in [5.41, 5.74) is 4.89. The SMILES string of the molecule is CCc1ccc(-c2cc(C(=O)N3CCCCCC3)c3ccccc3n2)cc1. The van der Waals surface area contributed by atoms with Gasteiger partial charge in [0.15, 0.2) is 0 Å². The van der Waals surface area contributed by atoms with Crippen LogP contribution in [0.1, 0.15) is 48.5 Å². The minimum Gasteiger partial charge on any atom is -0.339 e. The van der Waals surface area contributed by atoms with Gasteiger partial charge in [-0.1, -0.05) is 62.2 Å². The van der Waals surface area contributed by atoms with Crippen LogP contribution in [-0.4, -0.2) is 28.9 Å². The van der Waals surface area contributed by atoms with E-state index in [0.29, 0.717) is 0 Å². The van der Waals surface area contributed by atoms with Crippen molar-refractivity contribution in [2.75, 3.05) is 13.1 Å². The third-order valence-corrected chi connectivity index (χ3v) is 5.50. The predicted molar refractivity (Wildman–Crippen MR) is 111 cm³/mol. The van der Waals surface area contributed by atoms with Crippen molar-refractivity contribution >= 4 is 16.8 Å². The van der Waals surface area contributed by atoms with Gasteiger partial charge < -0.3 is 4.90 Å². The maximum atomic E-state index is 13.3. The van der Waals surface area contributed by atoms with Gasteiger partial charge in [-0.25, -0.2) is 4.98 Å². The molecule has 0 N–H and O–H groups in total. The molecule has 2 heterocycles. The molecule has 1 aliphatic rings. The van der Waals surface area contributed by atoms with Crippen molar-refractivity contribution < 1.29 is 4.79 Å². The maximum absolute atomic E-state index is 13.3. The average Bonchev–Trinajstić information content (AvgIpc) is 3.02. The summed E-state index contributed by atoms with van der Waals surface area (Å²) in [4.78, 5) is 20.2. The van der Waals surface area contributed by atoms with Gasteiger partial charge in [0, 0.05) is 24.0 Å². The Balaban J connectivity index is 1.79. The number of amides is 1. The lowest BCUT2D eigenvalue weighted by Gasteiger charge is -2.21. The number of carbonyl (C=O) groups excluding carboxylic acids is 1. The number of hydrogen-bond donors (Lipinski definition) is 0. The molecule has 0 aliphatic carbocycles. The monoisotopic (exact) mass is 358 g/mol. The van der Waals surface area contributed by atoms with Gasteiger partial charge in [-0.2, -0.15) is 0 Å². The molecular formula is C24H26N2O. The number of fused-ring (bicyclic) bond motifs is 1. The first kappa shape index (κ1) is 17.7. The normalized spacial score (nSPS) is 14.9. The van der Waals surface area contributed by atoms with Gasteiger partial charge in [0.2, 0.25) is 0 Å². The third-order valence-electron chi connectivity index (χ3n) is 5.50. The molecule has 0 unspecified atom stereocenters. The van der Waals surface area contributed by atoms with Gasteiger partial charge >= 0.3 is 0 Å². The molecule has 3 aromatic rings. The zero-order chi connectivity index (χ0) is 18.6. The highest BCUT2D eigenvalue weighted by atomic mass is 16.2. The van der Waals surface area contributed by atoms with Crippen LogP contribution in [0, 0.1) is 0 Å². The van der Waals surface area contributed by atoms with E-state index in [9.17, 15) is 4.79 Å². The maximum Gasteiger partial charge on any atom is 0.254 e. The standard InChI is InChI=1S/C24H26N2O/c1-2-18-11-13-19(14-12-18)23-17-21(20-9-5-6-10-22(20)25-23)24(27)26-15-7-3-4-8-16-26/h5-6,9-14,17H,2-4,7-8,15-16H2,1H3.